The Bertz CT molecular complexity index is 700. The second-order valence-electron chi connectivity index (χ2n) is 5.52. The lowest BCUT2D eigenvalue weighted by Crippen LogP contribution is -2.47. The zero-order chi connectivity index (χ0) is 16.2. The van der Waals surface area contributed by atoms with E-state index < -0.39 is 0 Å². The lowest BCUT2D eigenvalue weighted by molar-refractivity contribution is 0.0658. The van der Waals surface area contributed by atoms with Crippen LogP contribution in [0.1, 0.15) is 10.5 Å². The Labute approximate surface area is 140 Å². The predicted octanol–water partition coefficient (Wildman–Crippen LogP) is 2.26. The Morgan fingerprint density at radius 2 is 1.96 bits per heavy atom. The highest BCUT2D eigenvalue weighted by Crippen LogP contribution is 2.19. The van der Waals surface area contributed by atoms with Crippen molar-refractivity contribution in [2.75, 3.05) is 38.5 Å². The summed E-state index contributed by atoms with van der Waals surface area (Å²) in [6.45, 7) is 3.20. The van der Waals surface area contributed by atoms with E-state index in [2.05, 4.69) is 27.2 Å². The van der Waals surface area contributed by atoms with Gasteiger partial charge >= 0.3 is 0 Å². The number of nitrogens with one attached hydrogen (secondary N) is 1. The van der Waals surface area contributed by atoms with E-state index in [0.717, 1.165) is 31.9 Å². The predicted molar refractivity (Wildman–Crippen MR) is 90.2 cm³/mol. The third kappa shape index (κ3) is 3.97. The fourth-order valence-corrected chi connectivity index (χ4v) is 2.62. The minimum atomic E-state index is -0.0605. The second-order valence-corrected chi connectivity index (χ2v) is 5.96. The number of carbonyl (C=O) groups excluding carboxylic acids is 1. The average molecular weight is 332 g/mol. The summed E-state index contributed by atoms with van der Waals surface area (Å²) in [5, 5.41) is 3.77. The molecule has 1 N–H and O–H groups in total. The fourth-order valence-electron chi connectivity index (χ4n) is 2.43. The molecular weight excluding hydrogens is 314 g/mol. The minimum Gasteiger partial charge on any atom is -0.340 e. The highest BCUT2D eigenvalue weighted by Gasteiger charge is 2.21. The fraction of sp³-hybridized carbons (Fsp3) is 0.312. The Morgan fingerprint density at radius 1 is 1.17 bits per heavy atom. The van der Waals surface area contributed by atoms with Gasteiger partial charge in [-0.1, -0.05) is 17.7 Å². The molecule has 0 saturated carbocycles. The number of halogens is 1. The minimum absolute atomic E-state index is 0.0605. The monoisotopic (exact) mass is 331 g/mol. The van der Waals surface area contributed by atoms with Gasteiger partial charge in [0.1, 0.15) is 17.8 Å². The van der Waals surface area contributed by atoms with Crippen LogP contribution < -0.4 is 5.32 Å². The Morgan fingerprint density at radius 3 is 2.70 bits per heavy atom. The summed E-state index contributed by atoms with van der Waals surface area (Å²) in [5.74, 6) is 0.509. The van der Waals surface area contributed by atoms with Crippen LogP contribution >= 0.6 is 11.6 Å². The maximum Gasteiger partial charge on any atom is 0.272 e. The largest absolute Gasteiger partial charge is 0.340 e. The zero-order valence-electron chi connectivity index (χ0n) is 12.9. The van der Waals surface area contributed by atoms with Gasteiger partial charge in [-0.15, -0.1) is 0 Å². The molecule has 0 radical (unpaired) electrons. The summed E-state index contributed by atoms with van der Waals surface area (Å²) >= 11 is 5.97. The number of aromatic nitrogens is 2. The first-order chi connectivity index (χ1) is 11.1. The van der Waals surface area contributed by atoms with E-state index in [1.807, 2.05) is 17.0 Å². The summed E-state index contributed by atoms with van der Waals surface area (Å²) in [5.41, 5.74) is 1.21. The molecule has 1 aromatic carbocycles. The van der Waals surface area contributed by atoms with E-state index in [4.69, 9.17) is 11.6 Å². The van der Waals surface area contributed by atoms with E-state index in [1.54, 1.807) is 18.2 Å². The van der Waals surface area contributed by atoms with Crippen molar-refractivity contribution in [3.63, 3.8) is 0 Å². The van der Waals surface area contributed by atoms with Crippen LogP contribution in [0.3, 0.4) is 0 Å². The van der Waals surface area contributed by atoms with Crippen molar-refractivity contribution >= 4 is 29.0 Å². The molecule has 0 bridgehead atoms. The van der Waals surface area contributed by atoms with Crippen LogP contribution in [0.25, 0.3) is 0 Å². The van der Waals surface area contributed by atoms with Gasteiger partial charge in [0.25, 0.3) is 5.91 Å². The molecule has 0 aliphatic carbocycles. The molecule has 1 amide bonds. The maximum atomic E-state index is 12.5. The van der Waals surface area contributed by atoms with Gasteiger partial charge in [0, 0.05) is 43.0 Å². The number of hydrogen-bond donors (Lipinski definition) is 1. The first kappa shape index (κ1) is 15.7. The van der Waals surface area contributed by atoms with Crippen LogP contribution in [0.2, 0.25) is 5.02 Å². The molecule has 1 aliphatic heterocycles. The molecule has 0 unspecified atom stereocenters. The Kier molecular flexibility index (Phi) is 4.73. The number of hydrogen-bond acceptors (Lipinski definition) is 5. The molecule has 6 nitrogen and oxygen atoms in total. The molecule has 2 aromatic rings. The third-order valence-electron chi connectivity index (χ3n) is 3.77. The highest BCUT2D eigenvalue weighted by atomic mass is 35.5. The van der Waals surface area contributed by atoms with E-state index in [0.29, 0.717) is 16.5 Å². The third-order valence-corrected chi connectivity index (χ3v) is 4.01. The van der Waals surface area contributed by atoms with Gasteiger partial charge in [-0.05, 0) is 25.2 Å². The van der Waals surface area contributed by atoms with E-state index in [1.165, 1.54) is 6.33 Å². The molecule has 120 valence electrons. The molecule has 3 rings (SSSR count). The molecule has 7 heteroatoms. The van der Waals surface area contributed by atoms with Crippen LogP contribution in [-0.2, 0) is 0 Å². The summed E-state index contributed by atoms with van der Waals surface area (Å²) in [6.07, 6.45) is 1.40. The topological polar surface area (TPSA) is 61.4 Å². The van der Waals surface area contributed by atoms with Crippen LogP contribution in [0, 0.1) is 0 Å². The standard InChI is InChI=1S/C16H18ClN5O/c1-21-5-7-22(8-6-21)16(23)14-10-15(19-11-18-14)20-13-4-2-3-12(17)9-13/h2-4,9-11H,5-8H2,1H3,(H,18,19,20). The molecule has 23 heavy (non-hydrogen) atoms. The van der Waals surface area contributed by atoms with E-state index >= 15 is 0 Å². The molecular formula is C16H18ClN5O. The first-order valence-corrected chi connectivity index (χ1v) is 7.82. The van der Waals surface area contributed by atoms with Crippen LogP contribution in [-0.4, -0.2) is 58.9 Å². The smallest absolute Gasteiger partial charge is 0.272 e. The number of benzene rings is 1. The quantitative estimate of drug-likeness (QED) is 0.934. The van der Waals surface area contributed by atoms with Crippen molar-refractivity contribution in [3.05, 3.63) is 47.4 Å². The molecule has 1 aromatic heterocycles. The van der Waals surface area contributed by atoms with Gasteiger partial charge in [0.2, 0.25) is 0 Å². The second kappa shape index (κ2) is 6.93. The SMILES string of the molecule is CN1CCN(C(=O)c2cc(Nc3cccc(Cl)c3)ncn2)CC1. The number of anilines is 2. The van der Waals surface area contributed by atoms with Crippen LogP contribution in [0.5, 0.6) is 0 Å². The summed E-state index contributed by atoms with van der Waals surface area (Å²) in [6, 6.07) is 9.00. The molecule has 0 atom stereocenters. The van der Waals surface area contributed by atoms with Gasteiger partial charge in [-0.25, -0.2) is 9.97 Å². The van der Waals surface area contributed by atoms with E-state index in [-0.39, 0.29) is 5.91 Å². The van der Waals surface area contributed by atoms with Crippen molar-refractivity contribution in [1.82, 2.24) is 19.8 Å². The summed E-state index contributed by atoms with van der Waals surface area (Å²) < 4.78 is 0. The lowest BCUT2D eigenvalue weighted by Gasteiger charge is -2.32. The average Bonchev–Trinajstić information content (AvgIpc) is 2.55. The number of amides is 1. The lowest BCUT2D eigenvalue weighted by atomic mass is 10.2. The van der Waals surface area contributed by atoms with Crippen molar-refractivity contribution in [2.45, 2.75) is 0 Å². The van der Waals surface area contributed by atoms with E-state index in [9.17, 15) is 4.79 Å². The number of carbonyl (C=O) groups is 1. The highest BCUT2D eigenvalue weighted by molar-refractivity contribution is 6.30. The van der Waals surface area contributed by atoms with Crippen molar-refractivity contribution in [2.24, 2.45) is 0 Å². The molecule has 0 spiro atoms. The Balaban J connectivity index is 1.73. The summed E-state index contributed by atoms with van der Waals surface area (Å²) in [4.78, 5) is 24.8. The summed E-state index contributed by atoms with van der Waals surface area (Å²) in [7, 11) is 2.06. The molecule has 1 aliphatic rings. The Hall–Kier alpha value is -2.18. The van der Waals surface area contributed by atoms with Gasteiger partial charge in [-0.2, -0.15) is 0 Å². The maximum absolute atomic E-state index is 12.5. The zero-order valence-corrected chi connectivity index (χ0v) is 13.6. The van der Waals surface area contributed by atoms with Crippen molar-refractivity contribution < 1.29 is 4.79 Å². The molecule has 1 saturated heterocycles. The van der Waals surface area contributed by atoms with Gasteiger partial charge in [0.05, 0.1) is 0 Å². The number of nitrogens with zero attached hydrogens (tertiary/aromatic N) is 4. The molecule has 1 fully saturated rings. The number of rotatable bonds is 3. The van der Waals surface area contributed by atoms with Crippen molar-refractivity contribution in [3.8, 4) is 0 Å². The van der Waals surface area contributed by atoms with Gasteiger partial charge in [-0.3, -0.25) is 4.79 Å². The first-order valence-electron chi connectivity index (χ1n) is 7.44. The van der Waals surface area contributed by atoms with Crippen LogP contribution in [0.15, 0.2) is 36.7 Å². The van der Waals surface area contributed by atoms with Gasteiger partial charge in [0.15, 0.2) is 0 Å². The molecule has 2 heterocycles. The van der Waals surface area contributed by atoms with Gasteiger partial charge < -0.3 is 15.1 Å². The van der Waals surface area contributed by atoms with Crippen LogP contribution in [0.4, 0.5) is 11.5 Å². The number of piperazine rings is 1. The van der Waals surface area contributed by atoms with Crippen molar-refractivity contribution in [1.29, 1.82) is 0 Å². The normalized spacial score (nSPS) is 15.5. The number of likely N-dealkylation sites (N-methyl/N-ethyl adjacent to an activating group) is 1.